The highest BCUT2D eigenvalue weighted by Gasteiger charge is 2.35. The lowest BCUT2D eigenvalue weighted by atomic mass is 9.81. The number of hydrogen-bond donors (Lipinski definition) is 3. The van der Waals surface area contributed by atoms with Crippen molar-refractivity contribution in [3.05, 3.63) is 151 Å². The highest BCUT2D eigenvalue weighted by Crippen LogP contribution is 2.40. The molecule has 0 saturated heterocycles. The first kappa shape index (κ1) is 45.5. The van der Waals surface area contributed by atoms with E-state index in [0.717, 1.165) is 60.8 Å². The normalized spacial score (nSPS) is 16.9. The summed E-state index contributed by atoms with van der Waals surface area (Å²) >= 11 is 0. The standard InChI is InChI=1S/C53H54N12O5/c1-60(2)52(68)47-29-45-43(35-10-14-54-15-11-35)25-37(27-46(45)57-47)40-24-42(33-63(31-40)50(67)13-19-65-21-17-56-59-65)41-23-39(30-62(32-41)49(66)12-18-64-20-16-55-58-64)36-22-38-28-48(53(69)61(3)4)70-51(38)44(26-36)34-8-6-5-7-9-34/h5-11,14-17,20-29,41-42,55,57-58H,12-13,18-19,30-33H2,1-4H3. The van der Waals surface area contributed by atoms with Crippen molar-refractivity contribution in [3.63, 3.8) is 0 Å². The third-order valence-electron chi connectivity index (χ3n) is 13.2. The quantitative estimate of drug-likeness (QED) is 0.118. The molecule has 4 aromatic heterocycles. The number of H-pyrrole nitrogens is 1. The minimum Gasteiger partial charge on any atom is -0.450 e. The van der Waals surface area contributed by atoms with Gasteiger partial charge in [-0.15, -0.1) is 10.6 Å². The van der Waals surface area contributed by atoms with Gasteiger partial charge in [-0.25, -0.2) is 0 Å². The summed E-state index contributed by atoms with van der Waals surface area (Å²) in [5, 5.41) is 11.5. The van der Waals surface area contributed by atoms with Crippen molar-refractivity contribution >= 4 is 56.6 Å². The maximum atomic E-state index is 14.5. The summed E-state index contributed by atoms with van der Waals surface area (Å²) < 4.78 is 7.98. The van der Waals surface area contributed by atoms with Crippen LogP contribution in [-0.4, -0.2) is 134 Å². The van der Waals surface area contributed by atoms with Crippen LogP contribution in [0.15, 0.2) is 133 Å². The second kappa shape index (κ2) is 19.4. The van der Waals surface area contributed by atoms with Crippen molar-refractivity contribution in [1.82, 2.24) is 60.5 Å². The lowest BCUT2D eigenvalue weighted by Gasteiger charge is -2.40. The monoisotopic (exact) mass is 938 g/mol. The minimum atomic E-state index is -0.242. The van der Waals surface area contributed by atoms with Crippen molar-refractivity contribution < 1.29 is 23.6 Å². The van der Waals surface area contributed by atoms with E-state index in [-0.39, 0.29) is 54.1 Å². The van der Waals surface area contributed by atoms with Crippen LogP contribution >= 0.6 is 0 Å². The van der Waals surface area contributed by atoms with E-state index < -0.39 is 0 Å². The Morgan fingerprint density at radius 2 is 1.37 bits per heavy atom. The Hall–Kier alpha value is -8.31. The molecule has 7 heterocycles. The van der Waals surface area contributed by atoms with Crippen LogP contribution in [0.25, 0.3) is 55.3 Å². The van der Waals surface area contributed by atoms with E-state index in [1.807, 2.05) is 75.6 Å². The number of hydrogen-bond acceptors (Lipinski definition) is 11. The highest BCUT2D eigenvalue weighted by atomic mass is 16.3. The fourth-order valence-electron chi connectivity index (χ4n) is 9.61. The Kier molecular flexibility index (Phi) is 12.6. The summed E-state index contributed by atoms with van der Waals surface area (Å²) in [6.45, 7) is 2.37. The molecule has 0 radical (unpaired) electrons. The number of amides is 4. The third-order valence-corrected chi connectivity index (χ3v) is 13.2. The molecule has 10 rings (SSSR count). The first-order chi connectivity index (χ1) is 33.9. The lowest BCUT2D eigenvalue weighted by Crippen LogP contribution is -2.47. The van der Waals surface area contributed by atoms with Crippen LogP contribution in [0.1, 0.15) is 45.0 Å². The summed E-state index contributed by atoms with van der Waals surface area (Å²) in [5.41, 5.74) is 15.1. The van der Waals surface area contributed by atoms with Gasteiger partial charge in [-0.2, -0.15) is 0 Å². The molecule has 2 atom stereocenters. The second-order valence-electron chi connectivity index (χ2n) is 18.4. The molecular weight excluding hydrogens is 885 g/mol. The van der Waals surface area contributed by atoms with E-state index >= 15 is 0 Å². The van der Waals surface area contributed by atoms with Crippen LogP contribution in [0.2, 0.25) is 0 Å². The van der Waals surface area contributed by atoms with Gasteiger partial charge in [0.15, 0.2) is 5.76 Å². The molecular formula is C53H54N12O5. The predicted molar refractivity (Wildman–Crippen MR) is 267 cm³/mol. The van der Waals surface area contributed by atoms with E-state index in [0.29, 0.717) is 50.5 Å². The number of carbonyl (C=O) groups excluding carboxylic acids is 4. The fourth-order valence-corrected chi connectivity index (χ4v) is 9.61. The molecule has 7 aromatic rings. The van der Waals surface area contributed by atoms with Crippen LogP contribution in [0.3, 0.4) is 0 Å². The lowest BCUT2D eigenvalue weighted by molar-refractivity contribution is -0.133. The minimum absolute atomic E-state index is 0.00715. The Bertz CT molecular complexity index is 3190. The Morgan fingerprint density at radius 1 is 0.714 bits per heavy atom. The number of rotatable bonds is 13. The van der Waals surface area contributed by atoms with E-state index in [1.54, 1.807) is 74.8 Å². The number of benzene rings is 3. The molecule has 17 nitrogen and oxygen atoms in total. The molecule has 3 aliphatic rings. The fraction of sp³-hybridized carbons (Fsp3) is 0.264. The molecule has 0 saturated carbocycles. The Labute approximate surface area is 404 Å². The number of carbonyl (C=O) groups is 4. The van der Waals surface area contributed by atoms with E-state index in [9.17, 15) is 19.2 Å². The number of hydrazine groups is 2. The van der Waals surface area contributed by atoms with Gasteiger partial charge in [0.25, 0.3) is 11.8 Å². The van der Waals surface area contributed by atoms with E-state index in [4.69, 9.17) is 4.42 Å². The van der Waals surface area contributed by atoms with Crippen molar-refractivity contribution in [2.45, 2.75) is 19.4 Å². The van der Waals surface area contributed by atoms with Crippen molar-refractivity contribution in [2.75, 3.05) is 60.9 Å². The number of fused-ring (bicyclic) bond motifs is 2. The third kappa shape index (κ3) is 9.43. The van der Waals surface area contributed by atoms with Gasteiger partial charge in [0.2, 0.25) is 11.8 Å². The van der Waals surface area contributed by atoms with Gasteiger partial charge in [0.1, 0.15) is 11.3 Å². The maximum absolute atomic E-state index is 14.5. The van der Waals surface area contributed by atoms with Crippen LogP contribution in [0.5, 0.6) is 0 Å². The van der Waals surface area contributed by atoms with Crippen LogP contribution < -0.4 is 11.0 Å². The average molecular weight is 939 g/mol. The largest absolute Gasteiger partial charge is 0.450 e. The number of aromatic amines is 1. The summed E-state index contributed by atoms with van der Waals surface area (Å²) in [5.74, 6) is -0.630. The number of nitrogens with zero attached hydrogens (tertiary/aromatic N) is 9. The van der Waals surface area contributed by atoms with Crippen molar-refractivity contribution in [2.24, 2.45) is 11.8 Å². The zero-order chi connectivity index (χ0) is 48.5. The first-order valence-corrected chi connectivity index (χ1v) is 23.4. The molecule has 0 fully saturated rings. The zero-order valence-electron chi connectivity index (χ0n) is 39.5. The molecule has 3 N–H and O–H groups in total. The number of pyridine rings is 1. The molecule has 0 aliphatic carbocycles. The summed E-state index contributed by atoms with van der Waals surface area (Å²) in [4.78, 5) is 70.0. The Balaban J connectivity index is 1.09. The maximum Gasteiger partial charge on any atom is 0.289 e. The van der Waals surface area contributed by atoms with Gasteiger partial charge < -0.3 is 34.4 Å². The number of furan rings is 1. The molecule has 17 heteroatoms. The second-order valence-corrected chi connectivity index (χ2v) is 18.4. The van der Waals surface area contributed by atoms with Gasteiger partial charge in [-0.3, -0.25) is 33.9 Å². The van der Waals surface area contributed by atoms with Gasteiger partial charge in [-0.05, 0) is 87.5 Å². The summed E-state index contributed by atoms with van der Waals surface area (Å²) in [6, 6.07) is 25.9. The van der Waals surface area contributed by atoms with Crippen molar-refractivity contribution in [3.8, 4) is 22.3 Å². The average Bonchev–Trinajstić information content (AvgIpc) is 4.25. The van der Waals surface area contributed by atoms with Gasteiger partial charge in [0, 0.05) is 138 Å². The van der Waals surface area contributed by atoms with Crippen LogP contribution in [0.4, 0.5) is 0 Å². The summed E-state index contributed by atoms with van der Waals surface area (Å²) in [7, 11) is 6.85. The molecule has 3 aliphatic heterocycles. The Morgan fingerprint density at radius 3 is 2.01 bits per heavy atom. The molecule has 0 spiro atoms. The predicted octanol–water partition coefficient (Wildman–Crippen LogP) is 6.30. The number of aryl methyl sites for hydroxylation is 1. The molecule has 4 amide bonds. The van der Waals surface area contributed by atoms with Gasteiger partial charge in [0.05, 0.1) is 12.7 Å². The molecule has 70 heavy (non-hydrogen) atoms. The zero-order valence-corrected chi connectivity index (χ0v) is 39.5. The molecule has 2 unspecified atom stereocenters. The van der Waals surface area contributed by atoms with E-state index in [2.05, 4.69) is 61.6 Å². The molecule has 0 bridgehead atoms. The van der Waals surface area contributed by atoms with Crippen LogP contribution in [0, 0.1) is 11.8 Å². The first-order valence-electron chi connectivity index (χ1n) is 23.4. The van der Waals surface area contributed by atoms with Crippen molar-refractivity contribution in [1.29, 1.82) is 0 Å². The molecule has 356 valence electrons. The van der Waals surface area contributed by atoms with Crippen LogP contribution in [-0.2, 0) is 16.1 Å². The van der Waals surface area contributed by atoms with Gasteiger partial charge in [-0.1, -0.05) is 47.7 Å². The summed E-state index contributed by atoms with van der Waals surface area (Å²) in [6.07, 6.45) is 15.5. The molecule has 3 aromatic carbocycles. The number of nitrogens with one attached hydrogen (secondary N) is 3. The SMILES string of the molecule is CN(C)C(=O)c1cc2c(-c3ccncc3)cc(C3=CC(C4C=C(c5cc(-c6ccccc6)c6oc(C(=O)N(C)C)cc6c5)CN(C(=O)CCN5C=CNN5)C4)CN(C(=O)CCn4ccnn4)C3)cc2[nH]1. The highest BCUT2D eigenvalue weighted by molar-refractivity contribution is 6.05. The van der Waals surface area contributed by atoms with Gasteiger partial charge >= 0.3 is 0 Å². The van der Waals surface area contributed by atoms with E-state index in [1.165, 1.54) is 4.90 Å². The topological polar surface area (TPSA) is 181 Å². The smallest absolute Gasteiger partial charge is 0.289 e. The number of aromatic nitrogens is 5.